The van der Waals surface area contributed by atoms with E-state index in [1.807, 2.05) is 6.07 Å². The van der Waals surface area contributed by atoms with Crippen LogP contribution in [0.2, 0.25) is 0 Å². The Morgan fingerprint density at radius 1 is 1.26 bits per heavy atom. The molecule has 9 nitrogen and oxygen atoms in total. The zero-order valence-corrected chi connectivity index (χ0v) is 19.5. The van der Waals surface area contributed by atoms with Crippen molar-refractivity contribution in [1.29, 1.82) is 0 Å². The Labute approximate surface area is 201 Å². The maximum Gasteiger partial charge on any atom is 0.316 e. The second-order valence-electron chi connectivity index (χ2n) is 8.66. The van der Waals surface area contributed by atoms with Crippen molar-refractivity contribution in [2.24, 2.45) is 0 Å². The molecule has 5 rings (SSSR count). The Balaban J connectivity index is 1.54. The van der Waals surface area contributed by atoms with E-state index in [4.69, 9.17) is 11.2 Å². The van der Waals surface area contributed by atoms with Gasteiger partial charge in [0.05, 0.1) is 23.9 Å². The van der Waals surface area contributed by atoms with E-state index in [1.165, 1.54) is 23.8 Å². The number of benzene rings is 1. The van der Waals surface area contributed by atoms with Gasteiger partial charge in [-0.3, -0.25) is 4.79 Å². The number of anilines is 2. The maximum absolute atomic E-state index is 14.6. The minimum atomic E-state index is -0.601. The number of methoxy groups -OCH3 is 1. The monoisotopic (exact) mass is 473 g/mol. The summed E-state index contributed by atoms with van der Waals surface area (Å²) in [6.45, 7) is 5.88. The Kier molecular flexibility index (Phi) is 5.70. The lowest BCUT2D eigenvalue weighted by Gasteiger charge is -2.38. The first-order valence-electron chi connectivity index (χ1n) is 11.2. The largest absolute Gasteiger partial charge is 0.467 e. The lowest BCUT2D eigenvalue weighted by Crippen LogP contribution is -2.54. The number of pyridine rings is 1. The van der Waals surface area contributed by atoms with Crippen LogP contribution in [0.5, 0.6) is 6.01 Å². The van der Waals surface area contributed by atoms with Crippen molar-refractivity contribution >= 4 is 33.8 Å². The van der Waals surface area contributed by atoms with Gasteiger partial charge in [-0.05, 0) is 31.9 Å². The molecular formula is C25H24FN7O2. The van der Waals surface area contributed by atoms with Crippen LogP contribution in [0.1, 0.15) is 29.9 Å². The molecule has 4 aromatic rings. The van der Waals surface area contributed by atoms with Crippen molar-refractivity contribution in [1.82, 2.24) is 24.7 Å². The molecule has 1 aromatic carbocycles. The molecule has 0 radical (unpaired) electrons. The van der Waals surface area contributed by atoms with E-state index in [2.05, 4.69) is 50.3 Å². The molecule has 2 atom stereocenters. The summed E-state index contributed by atoms with van der Waals surface area (Å²) in [7, 11) is 1.47. The molecule has 4 heterocycles. The van der Waals surface area contributed by atoms with Gasteiger partial charge in [0, 0.05) is 60.9 Å². The Morgan fingerprint density at radius 3 is 2.74 bits per heavy atom. The third-order valence-corrected chi connectivity index (χ3v) is 5.94. The van der Waals surface area contributed by atoms with Gasteiger partial charge >= 0.3 is 6.01 Å². The van der Waals surface area contributed by atoms with E-state index < -0.39 is 11.7 Å². The van der Waals surface area contributed by atoms with Crippen molar-refractivity contribution < 1.29 is 13.9 Å². The summed E-state index contributed by atoms with van der Waals surface area (Å²) in [4.78, 5) is 28.4. The van der Waals surface area contributed by atoms with Gasteiger partial charge in [0.25, 0.3) is 5.91 Å². The van der Waals surface area contributed by atoms with Crippen LogP contribution < -0.4 is 20.3 Å². The van der Waals surface area contributed by atoms with Gasteiger partial charge in [-0.1, -0.05) is 0 Å². The second-order valence-corrected chi connectivity index (χ2v) is 8.66. The number of halogens is 1. The first-order chi connectivity index (χ1) is 16.9. The van der Waals surface area contributed by atoms with Gasteiger partial charge in [0.15, 0.2) is 11.5 Å². The molecule has 1 aliphatic heterocycles. The Bertz CT molecular complexity index is 1480. The number of nitrogens with zero attached hydrogens (tertiary/aromatic N) is 5. The highest BCUT2D eigenvalue weighted by Crippen LogP contribution is 2.31. The molecule has 1 saturated heterocycles. The van der Waals surface area contributed by atoms with E-state index in [0.29, 0.717) is 28.9 Å². The van der Waals surface area contributed by atoms with Gasteiger partial charge in [-0.2, -0.15) is 4.98 Å². The van der Waals surface area contributed by atoms with E-state index >= 15 is 0 Å². The van der Waals surface area contributed by atoms with Crippen molar-refractivity contribution in [2.75, 3.05) is 30.4 Å². The summed E-state index contributed by atoms with van der Waals surface area (Å²) in [5.74, 6) is 1.33. The molecule has 10 heteroatoms. The first-order valence-corrected chi connectivity index (χ1v) is 11.2. The van der Waals surface area contributed by atoms with Crippen molar-refractivity contribution in [3.63, 3.8) is 0 Å². The minimum Gasteiger partial charge on any atom is -0.467 e. The number of rotatable bonds is 4. The Morgan fingerprint density at radius 2 is 2.03 bits per heavy atom. The molecule has 35 heavy (non-hydrogen) atoms. The summed E-state index contributed by atoms with van der Waals surface area (Å²) in [5, 5.41) is 7.01. The zero-order valence-electron chi connectivity index (χ0n) is 19.5. The fourth-order valence-corrected chi connectivity index (χ4v) is 4.56. The van der Waals surface area contributed by atoms with Crippen LogP contribution in [0, 0.1) is 18.2 Å². The van der Waals surface area contributed by atoms with E-state index in [9.17, 15) is 9.18 Å². The predicted molar refractivity (Wildman–Crippen MR) is 131 cm³/mol. The van der Waals surface area contributed by atoms with Crippen LogP contribution in [0.15, 0.2) is 36.8 Å². The lowest BCUT2D eigenvalue weighted by atomic mass is 10.0. The van der Waals surface area contributed by atoms with Gasteiger partial charge < -0.3 is 24.7 Å². The molecule has 0 spiro atoms. The highest BCUT2D eigenvalue weighted by atomic mass is 19.1. The smallest absolute Gasteiger partial charge is 0.316 e. The van der Waals surface area contributed by atoms with Gasteiger partial charge in [-0.25, -0.2) is 14.4 Å². The highest BCUT2D eigenvalue weighted by molar-refractivity contribution is 6.13. The van der Waals surface area contributed by atoms with Crippen LogP contribution in [-0.4, -0.2) is 57.5 Å². The fourth-order valence-electron chi connectivity index (χ4n) is 4.56. The zero-order chi connectivity index (χ0) is 24.7. The third-order valence-electron chi connectivity index (χ3n) is 5.94. The molecule has 1 fully saturated rings. The number of hydrogen-bond donors (Lipinski definition) is 2. The van der Waals surface area contributed by atoms with Crippen LogP contribution in [0.25, 0.3) is 16.6 Å². The molecule has 0 saturated carbocycles. The normalized spacial score (nSPS) is 18.0. The quantitative estimate of drug-likeness (QED) is 0.440. The number of ether oxygens (including phenoxy) is 1. The summed E-state index contributed by atoms with van der Waals surface area (Å²) < 4.78 is 21.2. The number of carbonyl (C=O) groups is 1. The highest BCUT2D eigenvalue weighted by Gasteiger charge is 2.25. The molecule has 0 unspecified atom stereocenters. The first kappa shape index (κ1) is 22.6. The standard InChI is InChI=1S/C25H24FN7O2/c1-5-16-12-33-13-17(8-20(26)23(33)29-16)30-24(34)18-6-7-21(32-10-14(2)28-15(3)11-32)19-9-27-25(35-4)31-22(18)19/h1,6-9,12-15,28H,10-11H2,2-4H3,(H,30,34)/t14-,15+. The van der Waals surface area contributed by atoms with Gasteiger partial charge in [0.1, 0.15) is 5.69 Å². The number of hydrogen-bond acceptors (Lipinski definition) is 7. The van der Waals surface area contributed by atoms with Crippen molar-refractivity contribution in [3.05, 3.63) is 53.9 Å². The molecule has 0 aliphatic carbocycles. The number of carbonyl (C=O) groups excluding carboxylic acids is 1. The van der Waals surface area contributed by atoms with Gasteiger partial charge in [0.2, 0.25) is 0 Å². The summed E-state index contributed by atoms with van der Waals surface area (Å²) in [6, 6.07) is 5.59. The predicted octanol–water partition coefficient (Wildman–Crippen LogP) is 2.85. The fraction of sp³-hybridized carbons (Fsp3) is 0.280. The van der Waals surface area contributed by atoms with E-state index in [0.717, 1.165) is 24.2 Å². The Hall–Kier alpha value is -4.23. The average Bonchev–Trinajstić information content (AvgIpc) is 3.26. The van der Waals surface area contributed by atoms with Crippen LogP contribution in [-0.2, 0) is 0 Å². The SMILES string of the molecule is C#Cc1cn2cc(NC(=O)c3ccc(N4C[C@@H](C)N[C@@H](C)C4)c4cnc(OC)nc34)cc(F)c2n1. The van der Waals surface area contributed by atoms with E-state index in [-0.39, 0.29) is 17.3 Å². The number of piperazine rings is 1. The van der Waals surface area contributed by atoms with Crippen molar-refractivity contribution in [3.8, 4) is 18.4 Å². The molecule has 178 valence electrons. The van der Waals surface area contributed by atoms with Gasteiger partial charge in [-0.15, -0.1) is 6.42 Å². The number of fused-ring (bicyclic) bond motifs is 2. The molecule has 3 aromatic heterocycles. The molecule has 2 N–H and O–H groups in total. The third kappa shape index (κ3) is 4.22. The summed E-state index contributed by atoms with van der Waals surface area (Å²) in [6.07, 6.45) is 10.1. The number of aromatic nitrogens is 4. The number of imidazole rings is 1. The van der Waals surface area contributed by atoms with Crippen LogP contribution in [0.3, 0.4) is 0 Å². The molecular weight excluding hydrogens is 449 g/mol. The van der Waals surface area contributed by atoms with E-state index in [1.54, 1.807) is 18.5 Å². The number of amides is 1. The topological polar surface area (TPSA) is 96.7 Å². The number of terminal acetylenes is 1. The number of nitrogens with one attached hydrogen (secondary N) is 2. The van der Waals surface area contributed by atoms with Crippen LogP contribution in [0.4, 0.5) is 15.8 Å². The molecule has 0 bridgehead atoms. The summed E-state index contributed by atoms with van der Waals surface area (Å²) in [5.41, 5.74) is 2.34. The van der Waals surface area contributed by atoms with Crippen molar-refractivity contribution in [2.45, 2.75) is 25.9 Å². The maximum atomic E-state index is 14.6. The lowest BCUT2D eigenvalue weighted by molar-refractivity contribution is 0.102. The minimum absolute atomic E-state index is 0.0858. The molecule has 1 amide bonds. The van der Waals surface area contributed by atoms with Crippen LogP contribution >= 0.6 is 0 Å². The second kappa shape index (κ2) is 8.85. The molecule has 1 aliphatic rings. The summed E-state index contributed by atoms with van der Waals surface area (Å²) >= 11 is 0. The average molecular weight is 474 g/mol.